The van der Waals surface area contributed by atoms with Crippen molar-refractivity contribution in [3.8, 4) is 11.3 Å². The van der Waals surface area contributed by atoms with E-state index in [2.05, 4.69) is 10.4 Å². The maximum atomic E-state index is 12.0. The third-order valence-corrected chi connectivity index (χ3v) is 4.54. The van der Waals surface area contributed by atoms with E-state index in [0.717, 1.165) is 11.1 Å². The first kappa shape index (κ1) is 18.9. The van der Waals surface area contributed by atoms with Crippen LogP contribution in [0.25, 0.3) is 17.3 Å². The van der Waals surface area contributed by atoms with Crippen LogP contribution in [0.4, 0.5) is 5.82 Å². The van der Waals surface area contributed by atoms with Gasteiger partial charge in [-0.15, -0.1) is 0 Å². The van der Waals surface area contributed by atoms with Gasteiger partial charge in [0.05, 0.1) is 5.69 Å². The summed E-state index contributed by atoms with van der Waals surface area (Å²) in [6.07, 6.45) is 2.92. The number of aromatic nitrogens is 2. The highest BCUT2D eigenvalue weighted by Gasteiger charge is 2.11. The highest BCUT2D eigenvalue weighted by atomic mass is 35.5. The predicted molar refractivity (Wildman–Crippen MR) is 107 cm³/mol. The molecule has 0 fully saturated rings. The van der Waals surface area contributed by atoms with Gasteiger partial charge >= 0.3 is 5.97 Å². The Morgan fingerprint density at radius 1 is 1.30 bits per heavy atom. The summed E-state index contributed by atoms with van der Waals surface area (Å²) in [5.74, 6) is -0.532. The largest absolute Gasteiger partial charge is 0.452 e. The van der Waals surface area contributed by atoms with Crippen LogP contribution in [0.3, 0.4) is 0 Å². The average molecular weight is 402 g/mol. The summed E-state index contributed by atoms with van der Waals surface area (Å²) >= 11 is 7.42. The minimum atomic E-state index is -0.580. The van der Waals surface area contributed by atoms with Gasteiger partial charge in [-0.05, 0) is 40.6 Å². The molecular formula is C19H16ClN3O3S. The number of ether oxygens (including phenoxy) is 1. The topological polar surface area (TPSA) is 73.2 Å². The number of hydrogen-bond acceptors (Lipinski definition) is 5. The van der Waals surface area contributed by atoms with Crippen molar-refractivity contribution in [2.24, 2.45) is 7.05 Å². The zero-order valence-electron chi connectivity index (χ0n) is 14.4. The third-order valence-electron chi connectivity index (χ3n) is 3.59. The monoisotopic (exact) mass is 401 g/mol. The number of rotatable bonds is 6. The Balaban J connectivity index is 1.55. The number of carbonyl (C=O) groups excluding carboxylic acids is 2. The van der Waals surface area contributed by atoms with Crippen molar-refractivity contribution >= 4 is 46.7 Å². The molecule has 1 amide bonds. The van der Waals surface area contributed by atoms with Crippen molar-refractivity contribution < 1.29 is 14.3 Å². The number of nitrogens with zero attached hydrogens (tertiary/aromatic N) is 2. The Labute approximate surface area is 165 Å². The van der Waals surface area contributed by atoms with E-state index in [1.165, 1.54) is 17.4 Å². The molecule has 0 aliphatic carbocycles. The van der Waals surface area contributed by atoms with Gasteiger partial charge in [0.2, 0.25) is 0 Å². The molecule has 1 aromatic carbocycles. The first-order valence-electron chi connectivity index (χ1n) is 7.98. The van der Waals surface area contributed by atoms with E-state index in [1.807, 2.05) is 29.0 Å². The van der Waals surface area contributed by atoms with Gasteiger partial charge in [0.25, 0.3) is 5.91 Å². The van der Waals surface area contributed by atoms with E-state index in [9.17, 15) is 9.59 Å². The molecule has 0 bridgehead atoms. The molecule has 1 N–H and O–H groups in total. The first-order chi connectivity index (χ1) is 13.0. The summed E-state index contributed by atoms with van der Waals surface area (Å²) in [4.78, 5) is 23.7. The number of benzene rings is 1. The molecule has 3 rings (SSSR count). The average Bonchev–Trinajstić information content (AvgIpc) is 3.29. The molecule has 0 saturated heterocycles. The van der Waals surface area contributed by atoms with Crippen LogP contribution in [0.15, 0.2) is 53.2 Å². The van der Waals surface area contributed by atoms with Gasteiger partial charge in [0.1, 0.15) is 5.82 Å². The van der Waals surface area contributed by atoms with Crippen molar-refractivity contribution in [1.29, 1.82) is 0 Å². The third kappa shape index (κ3) is 5.29. The first-order valence-corrected chi connectivity index (χ1v) is 9.30. The van der Waals surface area contributed by atoms with Crippen LogP contribution in [0, 0.1) is 0 Å². The van der Waals surface area contributed by atoms with E-state index >= 15 is 0 Å². The van der Waals surface area contributed by atoms with Crippen LogP contribution in [0.1, 0.15) is 5.56 Å². The van der Waals surface area contributed by atoms with Gasteiger partial charge in [-0.1, -0.05) is 23.7 Å². The van der Waals surface area contributed by atoms with Crippen LogP contribution in [-0.2, 0) is 21.4 Å². The molecule has 0 saturated carbocycles. The van der Waals surface area contributed by atoms with Gasteiger partial charge in [0, 0.05) is 29.8 Å². The SMILES string of the molecule is Cn1nc(-c2ccc(Cl)cc2)cc1NC(=O)COC(=O)/C=C/c1ccsc1. The zero-order chi connectivity index (χ0) is 19.2. The second-order valence-corrected chi connectivity index (χ2v) is 6.81. The lowest BCUT2D eigenvalue weighted by Gasteiger charge is -2.04. The number of halogens is 1. The fourth-order valence-corrected chi connectivity index (χ4v) is 3.00. The summed E-state index contributed by atoms with van der Waals surface area (Å²) < 4.78 is 6.48. The Bertz CT molecular complexity index is 963. The molecule has 0 aliphatic rings. The summed E-state index contributed by atoms with van der Waals surface area (Å²) in [7, 11) is 1.71. The Hall–Kier alpha value is -2.90. The van der Waals surface area contributed by atoms with Crippen LogP contribution in [-0.4, -0.2) is 28.3 Å². The number of carbonyl (C=O) groups is 2. The molecule has 8 heteroatoms. The zero-order valence-corrected chi connectivity index (χ0v) is 16.0. The number of hydrogen-bond donors (Lipinski definition) is 1. The van der Waals surface area contributed by atoms with Crippen molar-refractivity contribution in [3.05, 3.63) is 63.8 Å². The Kier molecular flexibility index (Phi) is 6.05. The van der Waals surface area contributed by atoms with Crippen molar-refractivity contribution in [1.82, 2.24) is 9.78 Å². The smallest absolute Gasteiger partial charge is 0.331 e. The summed E-state index contributed by atoms with van der Waals surface area (Å²) in [5.41, 5.74) is 2.48. The summed E-state index contributed by atoms with van der Waals surface area (Å²) in [5, 5.41) is 11.5. The number of thiophene rings is 1. The lowest BCUT2D eigenvalue weighted by atomic mass is 10.1. The van der Waals surface area contributed by atoms with Gasteiger partial charge < -0.3 is 10.1 Å². The van der Waals surface area contributed by atoms with Gasteiger partial charge in [-0.3, -0.25) is 9.48 Å². The molecule has 0 aliphatic heterocycles. The minimum Gasteiger partial charge on any atom is -0.452 e. The summed E-state index contributed by atoms with van der Waals surface area (Å²) in [6.45, 7) is -0.381. The molecule has 3 aromatic rings. The lowest BCUT2D eigenvalue weighted by Crippen LogP contribution is -2.21. The molecule has 27 heavy (non-hydrogen) atoms. The van der Waals surface area contributed by atoms with Crippen molar-refractivity contribution in [3.63, 3.8) is 0 Å². The fourth-order valence-electron chi connectivity index (χ4n) is 2.24. The molecular weight excluding hydrogens is 386 g/mol. The number of nitrogens with one attached hydrogen (secondary N) is 1. The predicted octanol–water partition coefficient (Wildman–Crippen LogP) is 4.00. The van der Waals surface area contributed by atoms with Crippen LogP contribution < -0.4 is 5.32 Å². The van der Waals surface area contributed by atoms with E-state index in [4.69, 9.17) is 16.3 Å². The van der Waals surface area contributed by atoms with Crippen molar-refractivity contribution in [2.75, 3.05) is 11.9 Å². The standard InChI is InChI=1S/C19H16ClN3O3S/c1-23-17(10-16(22-23)14-3-5-15(20)6-4-14)21-18(24)11-26-19(25)7-2-13-8-9-27-12-13/h2-10,12H,11H2,1H3,(H,21,24)/b7-2+. The second kappa shape index (κ2) is 8.66. The fraction of sp³-hybridized carbons (Fsp3) is 0.105. The molecule has 6 nitrogen and oxygen atoms in total. The molecule has 0 radical (unpaired) electrons. The lowest BCUT2D eigenvalue weighted by molar-refractivity contribution is -0.142. The maximum Gasteiger partial charge on any atom is 0.331 e. The molecule has 2 heterocycles. The van der Waals surface area contributed by atoms with E-state index < -0.39 is 11.9 Å². The normalized spacial score (nSPS) is 10.9. The number of aryl methyl sites for hydroxylation is 1. The van der Waals surface area contributed by atoms with Crippen LogP contribution in [0.5, 0.6) is 0 Å². The van der Waals surface area contributed by atoms with Crippen LogP contribution >= 0.6 is 22.9 Å². The minimum absolute atomic E-state index is 0.381. The number of amides is 1. The molecule has 0 atom stereocenters. The van der Waals surface area contributed by atoms with E-state index in [-0.39, 0.29) is 6.61 Å². The molecule has 0 spiro atoms. The molecule has 2 aromatic heterocycles. The van der Waals surface area contributed by atoms with Gasteiger partial charge in [0.15, 0.2) is 6.61 Å². The Morgan fingerprint density at radius 2 is 2.07 bits per heavy atom. The quantitative estimate of drug-likeness (QED) is 0.500. The van der Waals surface area contributed by atoms with E-state index in [1.54, 1.807) is 36.0 Å². The molecule has 0 unspecified atom stereocenters. The highest BCUT2D eigenvalue weighted by Crippen LogP contribution is 2.23. The number of esters is 1. The van der Waals surface area contributed by atoms with E-state index in [0.29, 0.717) is 16.5 Å². The van der Waals surface area contributed by atoms with Crippen molar-refractivity contribution in [2.45, 2.75) is 0 Å². The molecule has 138 valence electrons. The van der Waals surface area contributed by atoms with Gasteiger partial charge in [-0.25, -0.2) is 4.79 Å². The Morgan fingerprint density at radius 3 is 2.78 bits per heavy atom. The number of anilines is 1. The summed E-state index contributed by atoms with van der Waals surface area (Å²) in [6, 6.07) is 10.8. The van der Waals surface area contributed by atoms with Gasteiger partial charge in [-0.2, -0.15) is 16.4 Å². The van der Waals surface area contributed by atoms with Crippen LogP contribution in [0.2, 0.25) is 5.02 Å². The highest BCUT2D eigenvalue weighted by molar-refractivity contribution is 7.08. The second-order valence-electron chi connectivity index (χ2n) is 5.59. The maximum absolute atomic E-state index is 12.0.